The molecule has 1 aromatic carbocycles. The van der Waals surface area contributed by atoms with Crippen LogP contribution in [0.1, 0.15) is 43.3 Å². The topological polar surface area (TPSA) is 67.0 Å². The third-order valence-corrected chi connectivity index (χ3v) is 8.00. The molecule has 5 aromatic rings. The fraction of sp³-hybridized carbons (Fsp3) is 0.296. The van der Waals surface area contributed by atoms with Gasteiger partial charge in [0, 0.05) is 48.0 Å². The van der Waals surface area contributed by atoms with Gasteiger partial charge >= 0.3 is 0 Å². The molecule has 4 aromatic heterocycles. The zero-order valence-corrected chi connectivity index (χ0v) is 20.3. The van der Waals surface area contributed by atoms with Crippen LogP contribution in [-0.4, -0.2) is 37.8 Å². The summed E-state index contributed by atoms with van der Waals surface area (Å²) in [5, 5.41) is 9.42. The second-order valence-electron chi connectivity index (χ2n) is 9.36. The van der Waals surface area contributed by atoms with E-state index in [0.717, 1.165) is 69.6 Å². The second kappa shape index (κ2) is 8.83. The molecule has 2 fully saturated rings. The summed E-state index contributed by atoms with van der Waals surface area (Å²) >= 11 is 1.63. The van der Waals surface area contributed by atoms with E-state index < -0.39 is 0 Å². The highest BCUT2D eigenvalue weighted by Crippen LogP contribution is 2.43. The molecule has 1 aliphatic carbocycles. The zero-order valence-electron chi connectivity index (χ0n) is 19.5. The van der Waals surface area contributed by atoms with Gasteiger partial charge in [-0.15, -0.1) is 11.3 Å². The van der Waals surface area contributed by atoms with Gasteiger partial charge in [0.15, 0.2) is 5.75 Å². The Bertz CT molecular complexity index is 1530. The van der Waals surface area contributed by atoms with Crippen LogP contribution in [0.2, 0.25) is 0 Å². The highest BCUT2D eigenvalue weighted by molar-refractivity contribution is 7.22. The first-order valence-corrected chi connectivity index (χ1v) is 13.1. The summed E-state index contributed by atoms with van der Waals surface area (Å²) in [4.78, 5) is 5.63. The smallest absolute Gasteiger partial charge is 0.168 e. The molecule has 1 saturated carbocycles. The highest BCUT2D eigenvalue weighted by Gasteiger charge is 2.30. The van der Waals surface area contributed by atoms with Crippen LogP contribution in [0.3, 0.4) is 0 Å². The van der Waals surface area contributed by atoms with Gasteiger partial charge in [-0.3, -0.25) is 9.67 Å². The molecule has 2 aliphatic rings. The van der Waals surface area contributed by atoms with Crippen molar-refractivity contribution < 1.29 is 13.9 Å². The number of thiophene rings is 1. The molecule has 1 aliphatic heterocycles. The normalized spacial score (nSPS) is 16.6. The van der Waals surface area contributed by atoms with E-state index in [1.165, 1.54) is 25.0 Å². The van der Waals surface area contributed by atoms with Gasteiger partial charge in [-0.1, -0.05) is 0 Å². The number of pyridine rings is 1. The van der Waals surface area contributed by atoms with E-state index in [-0.39, 0.29) is 5.82 Å². The van der Waals surface area contributed by atoms with Crippen LogP contribution in [0, 0.1) is 5.82 Å². The van der Waals surface area contributed by atoms with Crippen molar-refractivity contribution in [3.05, 3.63) is 72.7 Å². The van der Waals surface area contributed by atoms with Crippen LogP contribution in [-0.2, 0) is 4.74 Å². The van der Waals surface area contributed by atoms with Crippen molar-refractivity contribution in [2.24, 2.45) is 0 Å². The van der Waals surface area contributed by atoms with Crippen molar-refractivity contribution in [2.75, 3.05) is 13.2 Å². The SMILES string of the molecule is Fc1ccc(-n2cc(-c3cc4nccc(Oc5cn(C6CC6)nc5C5CCOCC5)c4s3)cn2)cc1. The fourth-order valence-electron chi connectivity index (χ4n) is 4.69. The van der Waals surface area contributed by atoms with Crippen LogP contribution in [0.25, 0.3) is 26.3 Å². The molecule has 0 spiro atoms. The van der Waals surface area contributed by atoms with Gasteiger partial charge in [0.25, 0.3) is 0 Å². The number of fused-ring (bicyclic) bond motifs is 1. The molecule has 0 unspecified atom stereocenters. The van der Waals surface area contributed by atoms with Crippen molar-refractivity contribution in [3.8, 4) is 27.6 Å². The van der Waals surface area contributed by atoms with Crippen LogP contribution in [0.4, 0.5) is 4.39 Å². The van der Waals surface area contributed by atoms with Crippen LogP contribution >= 0.6 is 11.3 Å². The molecule has 0 bridgehead atoms. The Hall–Kier alpha value is -3.56. The number of hydrogen-bond donors (Lipinski definition) is 0. The Labute approximate surface area is 211 Å². The van der Waals surface area contributed by atoms with Crippen molar-refractivity contribution in [1.82, 2.24) is 24.5 Å². The predicted octanol–water partition coefficient (Wildman–Crippen LogP) is 6.51. The minimum absolute atomic E-state index is 0.267. The van der Waals surface area contributed by atoms with Gasteiger partial charge in [0.2, 0.25) is 0 Å². The summed E-state index contributed by atoms with van der Waals surface area (Å²) in [6.45, 7) is 1.53. The molecule has 0 amide bonds. The monoisotopic (exact) mass is 501 g/mol. The number of benzene rings is 1. The minimum Gasteiger partial charge on any atom is -0.452 e. The van der Waals surface area contributed by atoms with Crippen molar-refractivity contribution in [2.45, 2.75) is 37.6 Å². The molecule has 7 rings (SSSR count). The molecular weight excluding hydrogens is 477 g/mol. The largest absolute Gasteiger partial charge is 0.452 e. The lowest BCUT2D eigenvalue weighted by atomic mass is 9.96. The summed E-state index contributed by atoms with van der Waals surface area (Å²) in [6.07, 6.45) is 11.9. The van der Waals surface area contributed by atoms with E-state index in [9.17, 15) is 4.39 Å². The predicted molar refractivity (Wildman–Crippen MR) is 136 cm³/mol. The van der Waals surface area contributed by atoms with Crippen molar-refractivity contribution in [3.63, 3.8) is 0 Å². The number of ether oxygens (including phenoxy) is 2. The van der Waals surface area contributed by atoms with E-state index in [2.05, 4.69) is 27.0 Å². The molecule has 5 heterocycles. The van der Waals surface area contributed by atoms with Gasteiger partial charge in [0.05, 0.1) is 34.3 Å². The highest BCUT2D eigenvalue weighted by atomic mass is 32.1. The molecule has 9 heteroatoms. The van der Waals surface area contributed by atoms with Crippen LogP contribution in [0.5, 0.6) is 11.5 Å². The Morgan fingerprint density at radius 3 is 2.64 bits per heavy atom. The van der Waals surface area contributed by atoms with Gasteiger partial charge in [-0.2, -0.15) is 10.2 Å². The third-order valence-electron chi connectivity index (χ3n) is 6.81. The molecule has 0 atom stereocenters. The number of nitrogens with zero attached hydrogens (tertiary/aromatic N) is 5. The van der Waals surface area contributed by atoms with Gasteiger partial charge in [-0.25, -0.2) is 9.07 Å². The first kappa shape index (κ1) is 21.7. The van der Waals surface area contributed by atoms with E-state index in [1.807, 2.05) is 18.5 Å². The van der Waals surface area contributed by atoms with Gasteiger partial charge in [-0.05, 0) is 56.0 Å². The molecule has 36 heavy (non-hydrogen) atoms. The first-order valence-electron chi connectivity index (χ1n) is 12.3. The number of hydrogen-bond acceptors (Lipinski definition) is 6. The summed E-state index contributed by atoms with van der Waals surface area (Å²) in [6, 6.07) is 10.8. The average molecular weight is 502 g/mol. The lowest BCUT2D eigenvalue weighted by Gasteiger charge is -2.21. The van der Waals surface area contributed by atoms with E-state index in [1.54, 1.807) is 34.3 Å². The van der Waals surface area contributed by atoms with Crippen molar-refractivity contribution in [1.29, 1.82) is 0 Å². The molecule has 0 radical (unpaired) electrons. The third kappa shape index (κ3) is 4.08. The summed E-state index contributed by atoms with van der Waals surface area (Å²) in [5.74, 6) is 1.70. The molecule has 0 N–H and O–H groups in total. The van der Waals surface area contributed by atoms with Gasteiger partial charge < -0.3 is 9.47 Å². The molecule has 7 nitrogen and oxygen atoms in total. The lowest BCUT2D eigenvalue weighted by molar-refractivity contribution is 0.0839. The minimum atomic E-state index is -0.267. The summed E-state index contributed by atoms with van der Waals surface area (Å²) < 4.78 is 30.3. The van der Waals surface area contributed by atoms with E-state index in [0.29, 0.717) is 12.0 Å². The van der Waals surface area contributed by atoms with Gasteiger partial charge in [0.1, 0.15) is 17.3 Å². The maximum Gasteiger partial charge on any atom is 0.168 e. The zero-order chi connectivity index (χ0) is 24.1. The Balaban J connectivity index is 1.21. The molecular formula is C27H24FN5O2S. The Kier molecular flexibility index (Phi) is 5.32. The summed E-state index contributed by atoms with van der Waals surface area (Å²) in [7, 11) is 0. The number of rotatable bonds is 6. The molecule has 1 saturated heterocycles. The van der Waals surface area contributed by atoms with Crippen LogP contribution in [0.15, 0.2) is 61.2 Å². The van der Waals surface area contributed by atoms with E-state index >= 15 is 0 Å². The van der Waals surface area contributed by atoms with Crippen molar-refractivity contribution >= 4 is 21.6 Å². The fourth-order valence-corrected chi connectivity index (χ4v) is 5.73. The number of halogens is 1. The molecule has 182 valence electrons. The standard InChI is InChI=1S/C27H24FN5O2S/c28-19-1-3-20(4-2-19)32-15-18(14-30-32)25-13-22-27(36-25)23(7-10-29-22)35-24-16-33(21-5-6-21)31-26(24)17-8-11-34-12-9-17/h1-4,7,10,13-17,21H,5-6,8-9,11-12H2. The second-order valence-corrected chi connectivity index (χ2v) is 10.4. The summed E-state index contributed by atoms with van der Waals surface area (Å²) in [5.41, 5.74) is 3.69. The first-order chi connectivity index (χ1) is 17.7. The number of aromatic nitrogens is 5. The van der Waals surface area contributed by atoms with Crippen LogP contribution < -0.4 is 4.74 Å². The average Bonchev–Trinajstić information content (AvgIpc) is 3.29. The van der Waals surface area contributed by atoms with E-state index in [4.69, 9.17) is 14.6 Å². The maximum atomic E-state index is 13.3. The lowest BCUT2D eigenvalue weighted by Crippen LogP contribution is -2.15. The Morgan fingerprint density at radius 1 is 1.00 bits per heavy atom. The maximum absolute atomic E-state index is 13.3. The quantitative estimate of drug-likeness (QED) is 0.265. The Morgan fingerprint density at radius 2 is 1.83 bits per heavy atom.